The molecule has 2 aliphatic carbocycles. The van der Waals surface area contributed by atoms with Gasteiger partial charge in [0.25, 0.3) is 5.91 Å². The monoisotopic (exact) mass is 395 g/mol. The molecule has 1 heterocycles. The van der Waals surface area contributed by atoms with E-state index in [4.69, 9.17) is 9.26 Å². The molecule has 1 N–H and O–H groups in total. The molecule has 4 rings (SSSR count). The zero-order valence-corrected chi connectivity index (χ0v) is 17.8. The number of rotatable bonds is 5. The van der Waals surface area contributed by atoms with Crippen molar-refractivity contribution in [1.29, 1.82) is 0 Å². The lowest BCUT2D eigenvalue weighted by Gasteiger charge is -2.34. The van der Waals surface area contributed by atoms with Crippen LogP contribution >= 0.6 is 0 Å². The minimum atomic E-state index is -0.218. The van der Waals surface area contributed by atoms with Gasteiger partial charge in [0.05, 0.1) is 11.3 Å². The van der Waals surface area contributed by atoms with Crippen LogP contribution in [0.25, 0.3) is 0 Å². The van der Waals surface area contributed by atoms with E-state index in [1.165, 1.54) is 6.42 Å². The van der Waals surface area contributed by atoms with Gasteiger partial charge in [-0.15, -0.1) is 0 Å². The summed E-state index contributed by atoms with van der Waals surface area (Å²) in [6.07, 6.45) is 3.37. The third-order valence-electron chi connectivity index (χ3n) is 7.47. The topological polar surface area (TPSA) is 76.7 Å². The number of carbonyl (C=O) groups excluding carboxylic acids is 1. The summed E-state index contributed by atoms with van der Waals surface area (Å²) in [6.45, 7) is 11.0. The van der Waals surface area contributed by atoms with Crippen molar-refractivity contribution in [2.75, 3.05) is 0 Å². The van der Waals surface area contributed by atoms with Crippen LogP contribution in [0.5, 0.6) is 5.75 Å². The van der Waals surface area contributed by atoms with Crippen LogP contribution in [0.3, 0.4) is 0 Å². The average molecular weight is 396 g/mol. The van der Waals surface area contributed by atoms with Crippen molar-refractivity contribution >= 4 is 11.6 Å². The maximum absolute atomic E-state index is 12.7. The SMILES string of the molecule is Cc1noc(C)c1COc1cccc(C(=O)N/N=C2/C[C@@H]3CC[C@@]2(C)C3(C)C)c1. The van der Waals surface area contributed by atoms with Gasteiger partial charge in [0.1, 0.15) is 18.1 Å². The van der Waals surface area contributed by atoms with E-state index in [1.54, 1.807) is 12.1 Å². The first-order valence-corrected chi connectivity index (χ1v) is 10.2. The summed E-state index contributed by atoms with van der Waals surface area (Å²) in [7, 11) is 0. The van der Waals surface area contributed by atoms with E-state index >= 15 is 0 Å². The molecule has 6 heteroatoms. The fourth-order valence-electron chi connectivity index (χ4n) is 4.87. The molecule has 6 nitrogen and oxygen atoms in total. The molecular formula is C23H29N3O3. The summed E-state index contributed by atoms with van der Waals surface area (Å²) in [4.78, 5) is 12.7. The molecule has 2 atom stereocenters. The number of ether oxygens (including phenoxy) is 1. The molecular weight excluding hydrogens is 366 g/mol. The first-order valence-electron chi connectivity index (χ1n) is 10.2. The van der Waals surface area contributed by atoms with Crippen molar-refractivity contribution in [1.82, 2.24) is 10.6 Å². The standard InChI is InChI=1S/C23H29N3O3/c1-14-19(15(2)29-26-14)13-28-18-8-6-7-16(11-18)21(27)25-24-20-12-17-9-10-23(20,5)22(17,3)4/h6-8,11,17H,9-10,12-13H2,1-5H3,(H,25,27)/b24-20-/t17-,23+/m0/s1. The Labute approximate surface area is 171 Å². The summed E-state index contributed by atoms with van der Waals surface area (Å²) in [5, 5.41) is 8.48. The first-order chi connectivity index (χ1) is 13.7. The van der Waals surface area contributed by atoms with Crippen LogP contribution in [-0.2, 0) is 6.61 Å². The maximum atomic E-state index is 12.7. The van der Waals surface area contributed by atoms with Gasteiger partial charge in [0, 0.05) is 16.7 Å². The lowest BCUT2D eigenvalue weighted by molar-refractivity contribution is 0.0953. The first kappa shape index (κ1) is 19.7. The Balaban J connectivity index is 1.43. The highest BCUT2D eigenvalue weighted by molar-refractivity contribution is 5.98. The van der Waals surface area contributed by atoms with Crippen LogP contribution in [-0.4, -0.2) is 16.8 Å². The number of hydrogen-bond donors (Lipinski definition) is 1. The third-order valence-corrected chi connectivity index (χ3v) is 7.47. The van der Waals surface area contributed by atoms with Gasteiger partial charge < -0.3 is 9.26 Å². The third kappa shape index (κ3) is 3.24. The molecule has 2 saturated carbocycles. The van der Waals surface area contributed by atoms with Gasteiger partial charge in [0.2, 0.25) is 0 Å². The number of carbonyl (C=O) groups is 1. The van der Waals surface area contributed by atoms with Gasteiger partial charge in [-0.2, -0.15) is 5.10 Å². The Hall–Kier alpha value is -2.63. The zero-order valence-electron chi connectivity index (χ0n) is 17.8. The predicted octanol–water partition coefficient (Wildman–Crippen LogP) is 4.80. The molecule has 2 fully saturated rings. The molecule has 0 radical (unpaired) electrons. The van der Waals surface area contributed by atoms with Gasteiger partial charge in [-0.1, -0.05) is 32.0 Å². The minimum absolute atomic E-state index is 0.0737. The summed E-state index contributed by atoms with van der Waals surface area (Å²) in [5.41, 5.74) is 6.48. The Morgan fingerprint density at radius 1 is 1.34 bits per heavy atom. The molecule has 29 heavy (non-hydrogen) atoms. The summed E-state index contributed by atoms with van der Waals surface area (Å²) in [6, 6.07) is 7.15. The average Bonchev–Trinajstić information content (AvgIpc) is 3.20. The van der Waals surface area contributed by atoms with Gasteiger partial charge in [-0.05, 0) is 62.6 Å². The molecule has 154 valence electrons. The van der Waals surface area contributed by atoms with E-state index < -0.39 is 0 Å². The molecule has 1 aromatic heterocycles. The molecule has 0 unspecified atom stereocenters. The van der Waals surface area contributed by atoms with Gasteiger partial charge in [-0.25, -0.2) is 5.43 Å². The van der Waals surface area contributed by atoms with Gasteiger partial charge in [-0.3, -0.25) is 4.79 Å². The van der Waals surface area contributed by atoms with Crippen LogP contribution in [0, 0.1) is 30.6 Å². The largest absolute Gasteiger partial charge is 0.489 e. The molecule has 2 aromatic rings. The van der Waals surface area contributed by atoms with Crippen LogP contribution in [0.4, 0.5) is 0 Å². The number of hydrazone groups is 1. The van der Waals surface area contributed by atoms with Crippen molar-refractivity contribution < 1.29 is 14.1 Å². The summed E-state index contributed by atoms with van der Waals surface area (Å²) < 4.78 is 11.0. The number of aromatic nitrogens is 1. The van der Waals surface area contributed by atoms with E-state index in [-0.39, 0.29) is 16.7 Å². The van der Waals surface area contributed by atoms with Crippen molar-refractivity contribution in [2.45, 2.75) is 60.5 Å². The number of fused-ring (bicyclic) bond motifs is 2. The van der Waals surface area contributed by atoms with Gasteiger partial charge in [0.15, 0.2) is 0 Å². The van der Waals surface area contributed by atoms with Crippen molar-refractivity contribution in [2.24, 2.45) is 21.8 Å². The summed E-state index contributed by atoms with van der Waals surface area (Å²) >= 11 is 0. The normalized spacial score (nSPS) is 26.1. The molecule has 2 aliphatic rings. The highest BCUT2D eigenvalue weighted by Crippen LogP contribution is 2.63. The Kier molecular flexibility index (Phi) is 4.75. The fraction of sp³-hybridized carbons (Fsp3) is 0.522. The Morgan fingerprint density at radius 2 is 2.14 bits per heavy atom. The van der Waals surface area contributed by atoms with E-state index in [0.29, 0.717) is 23.8 Å². The lowest BCUT2D eigenvalue weighted by atomic mass is 9.70. The van der Waals surface area contributed by atoms with Crippen LogP contribution in [0.1, 0.15) is 67.4 Å². The Morgan fingerprint density at radius 3 is 2.76 bits per heavy atom. The molecule has 0 saturated heterocycles. The predicted molar refractivity (Wildman–Crippen MR) is 111 cm³/mol. The molecule has 0 spiro atoms. The van der Waals surface area contributed by atoms with Crippen molar-refractivity contribution in [3.8, 4) is 5.75 Å². The minimum Gasteiger partial charge on any atom is -0.489 e. The van der Waals surface area contributed by atoms with E-state index in [1.807, 2.05) is 26.0 Å². The zero-order chi connectivity index (χ0) is 20.8. The van der Waals surface area contributed by atoms with Crippen molar-refractivity contribution in [3.05, 3.63) is 46.8 Å². The number of amides is 1. The van der Waals surface area contributed by atoms with E-state index in [0.717, 1.165) is 35.6 Å². The quantitative estimate of drug-likeness (QED) is 0.738. The second-order valence-electron chi connectivity index (χ2n) is 9.11. The molecule has 0 aliphatic heterocycles. The second kappa shape index (κ2) is 7.01. The number of aryl methyl sites for hydroxylation is 2. The van der Waals surface area contributed by atoms with Crippen molar-refractivity contribution in [3.63, 3.8) is 0 Å². The summed E-state index contributed by atoms with van der Waals surface area (Å²) in [5.74, 6) is 1.81. The maximum Gasteiger partial charge on any atom is 0.271 e. The second-order valence-corrected chi connectivity index (χ2v) is 9.11. The highest BCUT2D eigenvalue weighted by Gasteiger charge is 2.60. The number of nitrogens with zero attached hydrogens (tertiary/aromatic N) is 2. The highest BCUT2D eigenvalue weighted by atomic mass is 16.5. The molecule has 1 aromatic carbocycles. The lowest BCUT2D eigenvalue weighted by Crippen LogP contribution is -2.34. The number of nitrogens with one attached hydrogen (secondary N) is 1. The van der Waals surface area contributed by atoms with E-state index in [9.17, 15) is 4.79 Å². The smallest absolute Gasteiger partial charge is 0.271 e. The number of benzene rings is 1. The molecule has 2 bridgehead atoms. The van der Waals surface area contributed by atoms with Crippen LogP contribution in [0.2, 0.25) is 0 Å². The number of hydrogen-bond acceptors (Lipinski definition) is 5. The fourth-order valence-corrected chi connectivity index (χ4v) is 4.87. The van der Waals surface area contributed by atoms with Gasteiger partial charge >= 0.3 is 0 Å². The van der Waals surface area contributed by atoms with E-state index in [2.05, 4.69) is 36.5 Å². The van der Waals surface area contributed by atoms with Crippen LogP contribution in [0.15, 0.2) is 33.9 Å². The van der Waals surface area contributed by atoms with Crippen LogP contribution < -0.4 is 10.2 Å². The Bertz CT molecular complexity index is 956. The molecule has 1 amide bonds.